The topological polar surface area (TPSA) is 92.3 Å². The summed E-state index contributed by atoms with van der Waals surface area (Å²) in [6.07, 6.45) is 1.03. The number of thiazole rings is 2. The van der Waals surface area contributed by atoms with Gasteiger partial charge in [-0.15, -0.1) is 11.3 Å². The number of anilines is 1. The second-order valence-corrected chi connectivity index (χ2v) is 12.9. The van der Waals surface area contributed by atoms with Crippen LogP contribution in [-0.4, -0.2) is 41.7 Å². The molecule has 2 aromatic heterocycles. The first-order valence-corrected chi connectivity index (χ1v) is 13.9. The minimum Gasteiger partial charge on any atom is -0.298 e. The van der Waals surface area contributed by atoms with Gasteiger partial charge in [-0.25, -0.2) is 18.4 Å². The zero-order chi connectivity index (χ0) is 23.3. The molecule has 33 heavy (non-hydrogen) atoms. The van der Waals surface area contributed by atoms with Gasteiger partial charge in [0.25, 0.3) is 5.91 Å². The van der Waals surface area contributed by atoms with E-state index in [2.05, 4.69) is 29.1 Å². The van der Waals surface area contributed by atoms with Gasteiger partial charge in [0.05, 0.1) is 24.8 Å². The van der Waals surface area contributed by atoms with Crippen LogP contribution in [-0.2, 0) is 10.0 Å². The van der Waals surface area contributed by atoms with E-state index in [9.17, 15) is 13.2 Å². The number of aromatic nitrogens is 2. The molecule has 2 atom stereocenters. The Labute approximate surface area is 200 Å². The van der Waals surface area contributed by atoms with Crippen molar-refractivity contribution in [2.45, 2.75) is 32.1 Å². The summed E-state index contributed by atoms with van der Waals surface area (Å²) in [6.45, 7) is 7.18. The van der Waals surface area contributed by atoms with Crippen LogP contribution in [0.1, 0.15) is 35.6 Å². The quantitative estimate of drug-likeness (QED) is 0.419. The van der Waals surface area contributed by atoms with E-state index in [-0.39, 0.29) is 10.8 Å². The molecule has 1 amide bonds. The normalized spacial score (nSPS) is 19.8. The lowest BCUT2D eigenvalue weighted by molar-refractivity contribution is 0.102. The molecule has 3 heterocycles. The fourth-order valence-electron chi connectivity index (χ4n) is 4.44. The summed E-state index contributed by atoms with van der Waals surface area (Å²) >= 11 is 3.02. The van der Waals surface area contributed by atoms with Crippen molar-refractivity contribution in [2.75, 3.05) is 18.4 Å². The molecule has 1 aliphatic heterocycles. The van der Waals surface area contributed by atoms with Crippen molar-refractivity contribution < 1.29 is 13.2 Å². The minimum atomic E-state index is -3.58. The van der Waals surface area contributed by atoms with Crippen LogP contribution in [0.4, 0.5) is 5.13 Å². The Morgan fingerprint density at radius 3 is 2.42 bits per heavy atom. The summed E-state index contributed by atoms with van der Waals surface area (Å²) in [5.41, 5.74) is 2.08. The van der Waals surface area contributed by atoms with Crippen LogP contribution in [0.5, 0.6) is 0 Å². The number of rotatable bonds is 4. The maximum atomic E-state index is 13.1. The van der Waals surface area contributed by atoms with E-state index in [1.165, 1.54) is 23.5 Å². The Morgan fingerprint density at radius 1 is 1.03 bits per heavy atom. The number of aryl methyl sites for hydroxylation is 1. The van der Waals surface area contributed by atoms with Crippen LogP contribution in [0.25, 0.3) is 20.4 Å². The van der Waals surface area contributed by atoms with Crippen molar-refractivity contribution in [3.63, 3.8) is 0 Å². The van der Waals surface area contributed by atoms with Crippen LogP contribution in [0, 0.1) is 18.8 Å². The second-order valence-electron chi connectivity index (χ2n) is 8.76. The van der Waals surface area contributed by atoms with Crippen LogP contribution < -0.4 is 5.32 Å². The van der Waals surface area contributed by atoms with Gasteiger partial charge in [0, 0.05) is 18.7 Å². The number of fused-ring (bicyclic) bond motifs is 3. The number of nitrogens with zero attached hydrogens (tertiary/aromatic N) is 3. The first-order valence-electron chi connectivity index (χ1n) is 10.8. The number of amides is 1. The SMILES string of the molecule is Cc1nc2c(ccc3nc(NC(=O)c4ccc(S(=O)(=O)N5C[C@@H](C)C[C@H](C)C5)cc4)sc32)s1. The monoisotopic (exact) mass is 500 g/mol. The number of hydrogen-bond donors (Lipinski definition) is 1. The Hall–Kier alpha value is -2.40. The summed E-state index contributed by atoms with van der Waals surface area (Å²) in [5.74, 6) is 0.331. The molecule has 7 nitrogen and oxygen atoms in total. The highest BCUT2D eigenvalue weighted by Gasteiger charge is 2.31. The molecular weight excluding hydrogens is 476 g/mol. The molecule has 2 aromatic carbocycles. The summed E-state index contributed by atoms with van der Waals surface area (Å²) < 4.78 is 29.7. The third-order valence-electron chi connectivity index (χ3n) is 5.83. The molecule has 5 rings (SSSR count). The molecule has 0 saturated carbocycles. The van der Waals surface area contributed by atoms with Crippen molar-refractivity contribution >= 4 is 64.2 Å². The maximum Gasteiger partial charge on any atom is 0.257 e. The largest absolute Gasteiger partial charge is 0.298 e. The molecular formula is C23H24N4O3S3. The Balaban J connectivity index is 1.35. The lowest BCUT2D eigenvalue weighted by atomic mass is 9.94. The zero-order valence-electron chi connectivity index (χ0n) is 18.5. The van der Waals surface area contributed by atoms with Gasteiger partial charge in [-0.3, -0.25) is 10.1 Å². The molecule has 1 N–H and O–H groups in total. The van der Waals surface area contributed by atoms with Gasteiger partial charge in [-0.05, 0) is 61.6 Å². The van der Waals surface area contributed by atoms with E-state index in [1.54, 1.807) is 27.8 Å². The van der Waals surface area contributed by atoms with Gasteiger partial charge < -0.3 is 0 Å². The molecule has 0 spiro atoms. The van der Waals surface area contributed by atoms with E-state index in [0.29, 0.717) is 35.6 Å². The Bertz CT molecular complexity index is 1450. The molecule has 4 aromatic rings. The van der Waals surface area contributed by atoms with E-state index in [1.807, 2.05) is 19.1 Å². The molecule has 1 aliphatic rings. The minimum absolute atomic E-state index is 0.210. The van der Waals surface area contributed by atoms with Crippen molar-refractivity contribution in [3.05, 3.63) is 47.0 Å². The van der Waals surface area contributed by atoms with Gasteiger partial charge >= 0.3 is 0 Å². The van der Waals surface area contributed by atoms with E-state index in [4.69, 9.17) is 0 Å². The highest BCUT2D eigenvalue weighted by molar-refractivity contribution is 7.89. The Morgan fingerprint density at radius 2 is 1.73 bits per heavy atom. The van der Waals surface area contributed by atoms with E-state index < -0.39 is 10.0 Å². The van der Waals surface area contributed by atoms with Crippen LogP contribution in [0.15, 0.2) is 41.3 Å². The first-order chi connectivity index (χ1) is 15.7. The maximum absolute atomic E-state index is 13.1. The number of carbonyl (C=O) groups is 1. The fraction of sp³-hybridized carbons (Fsp3) is 0.348. The van der Waals surface area contributed by atoms with E-state index >= 15 is 0 Å². The standard InChI is InChI=1S/C23H24N4O3S3/c1-13-10-14(2)12-27(11-13)33(29,30)17-6-4-16(5-7-17)22(28)26-23-25-18-8-9-19-20(21(18)32-23)24-15(3)31-19/h4-9,13-14H,10-12H2,1-3H3,(H,25,26,28)/t13-,14-/m0/s1. The molecule has 0 radical (unpaired) electrons. The van der Waals surface area contributed by atoms with Gasteiger partial charge in [0.2, 0.25) is 10.0 Å². The average Bonchev–Trinajstić information content (AvgIpc) is 3.35. The highest BCUT2D eigenvalue weighted by Crippen LogP contribution is 2.35. The van der Waals surface area contributed by atoms with Gasteiger partial charge in [0.1, 0.15) is 5.52 Å². The lowest BCUT2D eigenvalue weighted by Crippen LogP contribution is -2.42. The number of nitrogens with one attached hydrogen (secondary N) is 1. The molecule has 0 aliphatic carbocycles. The van der Waals surface area contributed by atoms with Crippen LogP contribution in [0.3, 0.4) is 0 Å². The van der Waals surface area contributed by atoms with Gasteiger partial charge in [-0.1, -0.05) is 25.2 Å². The van der Waals surface area contributed by atoms with Crippen LogP contribution >= 0.6 is 22.7 Å². The molecule has 0 bridgehead atoms. The highest BCUT2D eigenvalue weighted by atomic mass is 32.2. The predicted molar refractivity (Wildman–Crippen MR) is 134 cm³/mol. The van der Waals surface area contributed by atoms with Gasteiger partial charge in [-0.2, -0.15) is 4.31 Å². The molecule has 1 fully saturated rings. The predicted octanol–water partition coefficient (Wildman–Crippen LogP) is 5.13. The van der Waals surface area contributed by atoms with Gasteiger partial charge in [0.15, 0.2) is 5.13 Å². The smallest absolute Gasteiger partial charge is 0.257 e. The lowest BCUT2D eigenvalue weighted by Gasteiger charge is -2.34. The number of piperidine rings is 1. The Kier molecular flexibility index (Phi) is 5.72. The van der Waals surface area contributed by atoms with Crippen molar-refractivity contribution in [1.82, 2.24) is 14.3 Å². The van der Waals surface area contributed by atoms with Crippen LogP contribution in [0.2, 0.25) is 0 Å². The molecule has 0 unspecified atom stereocenters. The number of carbonyl (C=O) groups excluding carboxylic acids is 1. The summed E-state index contributed by atoms with van der Waals surface area (Å²) in [7, 11) is -3.58. The zero-order valence-corrected chi connectivity index (χ0v) is 21.0. The van der Waals surface area contributed by atoms with Crippen molar-refractivity contribution in [1.29, 1.82) is 0 Å². The van der Waals surface area contributed by atoms with E-state index in [0.717, 1.165) is 31.9 Å². The second kappa shape index (κ2) is 8.43. The summed E-state index contributed by atoms with van der Waals surface area (Å²) in [6, 6.07) is 10.0. The third-order valence-corrected chi connectivity index (χ3v) is 9.61. The molecule has 10 heteroatoms. The fourth-order valence-corrected chi connectivity index (χ4v) is 7.97. The molecule has 172 valence electrons. The summed E-state index contributed by atoms with van der Waals surface area (Å²) in [4.78, 5) is 22.1. The van der Waals surface area contributed by atoms with Crippen molar-refractivity contribution in [2.24, 2.45) is 11.8 Å². The number of hydrogen-bond acceptors (Lipinski definition) is 7. The first kappa shape index (κ1) is 22.4. The molecule has 1 saturated heterocycles. The number of benzene rings is 2. The van der Waals surface area contributed by atoms with Crippen molar-refractivity contribution in [3.8, 4) is 0 Å². The average molecular weight is 501 g/mol. The summed E-state index contributed by atoms with van der Waals surface area (Å²) in [5, 5.41) is 4.31. The number of sulfonamides is 1. The third kappa shape index (κ3) is 4.28.